The summed E-state index contributed by atoms with van der Waals surface area (Å²) >= 11 is 0. The van der Waals surface area contributed by atoms with Crippen LogP contribution < -0.4 is 5.63 Å². The topological polar surface area (TPSA) is 86.0 Å². The van der Waals surface area contributed by atoms with E-state index in [-0.39, 0.29) is 23.5 Å². The molecule has 1 aliphatic rings. The van der Waals surface area contributed by atoms with Gasteiger partial charge in [-0.15, -0.1) is 0 Å². The summed E-state index contributed by atoms with van der Waals surface area (Å²) in [5.41, 5.74) is -1.12. The van der Waals surface area contributed by atoms with E-state index in [4.69, 9.17) is 13.9 Å². The molecule has 2 heterocycles. The molecule has 1 aromatic rings. The summed E-state index contributed by atoms with van der Waals surface area (Å²) in [6, 6.07) is 1.25. The first-order chi connectivity index (χ1) is 8.58. The van der Waals surface area contributed by atoms with Crippen LogP contribution in [0.3, 0.4) is 0 Å². The number of ketones is 1. The molecule has 1 aliphatic heterocycles. The van der Waals surface area contributed by atoms with Gasteiger partial charge in [-0.3, -0.25) is 4.79 Å². The fourth-order valence-electron chi connectivity index (χ4n) is 1.80. The minimum atomic E-state index is -0.814. The van der Waals surface area contributed by atoms with Gasteiger partial charge in [-0.1, -0.05) is 0 Å². The van der Waals surface area contributed by atoms with Gasteiger partial charge in [-0.05, 0) is 6.92 Å². The Labute approximate surface area is 103 Å². The number of carbonyl (C=O) groups is 1. The number of hydrogen-bond acceptors (Lipinski definition) is 6. The molecule has 0 spiro atoms. The first-order valence-corrected chi connectivity index (χ1v) is 5.68. The van der Waals surface area contributed by atoms with Gasteiger partial charge in [-0.25, -0.2) is 4.79 Å². The monoisotopic (exact) mass is 254 g/mol. The zero-order chi connectivity index (χ0) is 13.1. The summed E-state index contributed by atoms with van der Waals surface area (Å²) in [5.74, 6) is -0.557. The van der Waals surface area contributed by atoms with Crippen LogP contribution in [0.4, 0.5) is 0 Å². The maximum absolute atomic E-state index is 11.8. The molecule has 0 aliphatic carbocycles. The minimum absolute atomic E-state index is 0.0616. The summed E-state index contributed by atoms with van der Waals surface area (Å²) < 4.78 is 15.1. The lowest BCUT2D eigenvalue weighted by atomic mass is 10.1. The molecule has 0 saturated carbocycles. The van der Waals surface area contributed by atoms with Crippen molar-refractivity contribution in [3.05, 3.63) is 27.8 Å². The first kappa shape index (κ1) is 12.8. The highest BCUT2D eigenvalue weighted by atomic mass is 16.7. The van der Waals surface area contributed by atoms with Crippen LogP contribution in [0.5, 0.6) is 5.75 Å². The highest BCUT2D eigenvalue weighted by molar-refractivity contribution is 5.98. The second-order valence-electron chi connectivity index (χ2n) is 4.04. The van der Waals surface area contributed by atoms with E-state index in [1.54, 1.807) is 0 Å². The lowest BCUT2D eigenvalue weighted by molar-refractivity contribution is -0.0464. The normalized spacial score (nSPS) is 16.1. The van der Waals surface area contributed by atoms with Crippen LogP contribution in [0.25, 0.3) is 0 Å². The van der Waals surface area contributed by atoms with Crippen LogP contribution in [-0.4, -0.2) is 30.4 Å². The second-order valence-corrected chi connectivity index (χ2v) is 4.04. The largest absolute Gasteiger partial charge is 0.507 e. The van der Waals surface area contributed by atoms with Crippen molar-refractivity contribution in [2.24, 2.45) is 0 Å². The summed E-state index contributed by atoms with van der Waals surface area (Å²) in [6.45, 7) is 2.54. The minimum Gasteiger partial charge on any atom is -0.507 e. The first-order valence-electron chi connectivity index (χ1n) is 5.68. The van der Waals surface area contributed by atoms with Gasteiger partial charge in [0.2, 0.25) is 0 Å². The zero-order valence-electron chi connectivity index (χ0n) is 9.97. The molecule has 2 rings (SSSR count). The van der Waals surface area contributed by atoms with Gasteiger partial charge in [0.25, 0.3) is 0 Å². The number of carbonyl (C=O) groups excluding carboxylic acids is 1. The van der Waals surface area contributed by atoms with E-state index in [9.17, 15) is 14.7 Å². The second kappa shape index (κ2) is 5.32. The number of Topliss-reactive ketones (excluding diaryl/α,β-unsaturated/α-hetero) is 1. The van der Waals surface area contributed by atoms with Crippen LogP contribution in [0.2, 0.25) is 0 Å². The highest BCUT2D eigenvalue weighted by Crippen LogP contribution is 2.18. The van der Waals surface area contributed by atoms with Gasteiger partial charge in [-0.2, -0.15) is 0 Å². The fourth-order valence-corrected chi connectivity index (χ4v) is 1.80. The average molecular weight is 254 g/mol. The molecule has 18 heavy (non-hydrogen) atoms. The highest BCUT2D eigenvalue weighted by Gasteiger charge is 2.22. The van der Waals surface area contributed by atoms with E-state index in [0.717, 1.165) is 0 Å². The Morgan fingerprint density at radius 1 is 1.44 bits per heavy atom. The van der Waals surface area contributed by atoms with Gasteiger partial charge in [0.1, 0.15) is 17.1 Å². The van der Waals surface area contributed by atoms with Crippen LogP contribution in [0, 0.1) is 6.92 Å². The molecule has 98 valence electrons. The third-order valence-corrected chi connectivity index (χ3v) is 2.63. The van der Waals surface area contributed by atoms with Crippen molar-refractivity contribution in [1.82, 2.24) is 0 Å². The number of aromatic hydroxyl groups is 1. The number of hydrogen-bond donors (Lipinski definition) is 1. The van der Waals surface area contributed by atoms with Gasteiger partial charge in [0.15, 0.2) is 12.1 Å². The maximum atomic E-state index is 11.8. The molecule has 0 atom stereocenters. The predicted molar refractivity (Wildman–Crippen MR) is 60.6 cm³/mol. The molecular formula is C12H14O6. The molecule has 0 radical (unpaired) electrons. The molecule has 6 nitrogen and oxygen atoms in total. The van der Waals surface area contributed by atoms with E-state index in [1.165, 1.54) is 13.0 Å². The summed E-state index contributed by atoms with van der Waals surface area (Å²) in [7, 11) is 0. The van der Waals surface area contributed by atoms with Gasteiger partial charge >= 0.3 is 5.63 Å². The van der Waals surface area contributed by atoms with Crippen molar-refractivity contribution in [3.8, 4) is 5.75 Å². The van der Waals surface area contributed by atoms with Crippen molar-refractivity contribution >= 4 is 5.78 Å². The Kier molecular flexibility index (Phi) is 3.78. The van der Waals surface area contributed by atoms with Crippen LogP contribution in [-0.2, 0) is 9.47 Å². The fraction of sp³-hybridized carbons (Fsp3) is 0.500. The molecule has 6 heteroatoms. The Bertz CT molecular complexity index is 498. The SMILES string of the molecule is Cc1cc(O)c(C(=O)CCC2OCCO2)c(=O)o1. The standard InChI is InChI=1S/C12H14O6/c1-7-6-9(14)11(12(15)18-7)8(13)2-3-10-16-4-5-17-10/h6,10,14H,2-5H2,1H3. The van der Waals surface area contributed by atoms with Gasteiger partial charge < -0.3 is 19.0 Å². The third kappa shape index (κ3) is 2.77. The Morgan fingerprint density at radius 3 is 2.72 bits per heavy atom. The van der Waals surface area contributed by atoms with Crippen molar-refractivity contribution < 1.29 is 23.8 Å². The predicted octanol–water partition coefficient (Wildman–Crippen LogP) is 0.990. The summed E-state index contributed by atoms with van der Waals surface area (Å²) in [5, 5.41) is 9.59. The molecule has 0 aromatic carbocycles. The van der Waals surface area contributed by atoms with E-state index in [0.29, 0.717) is 19.6 Å². The average Bonchev–Trinajstić information content (AvgIpc) is 2.77. The van der Waals surface area contributed by atoms with E-state index >= 15 is 0 Å². The molecule has 1 saturated heterocycles. The molecule has 1 aromatic heterocycles. The lowest BCUT2D eigenvalue weighted by Crippen LogP contribution is -2.17. The Balaban J connectivity index is 2.06. The number of aryl methyl sites for hydroxylation is 1. The van der Waals surface area contributed by atoms with Gasteiger partial charge in [0.05, 0.1) is 13.2 Å². The number of rotatable bonds is 4. The molecule has 0 bridgehead atoms. The van der Waals surface area contributed by atoms with Crippen molar-refractivity contribution in [2.75, 3.05) is 13.2 Å². The van der Waals surface area contributed by atoms with Crippen molar-refractivity contribution in [2.45, 2.75) is 26.1 Å². The van der Waals surface area contributed by atoms with E-state index < -0.39 is 17.7 Å². The lowest BCUT2D eigenvalue weighted by Gasteiger charge is -2.08. The maximum Gasteiger partial charge on any atom is 0.350 e. The quantitative estimate of drug-likeness (QED) is 0.806. The molecule has 0 amide bonds. The van der Waals surface area contributed by atoms with E-state index in [2.05, 4.69) is 0 Å². The van der Waals surface area contributed by atoms with Crippen LogP contribution >= 0.6 is 0 Å². The van der Waals surface area contributed by atoms with Crippen LogP contribution in [0.15, 0.2) is 15.3 Å². The molecule has 1 fully saturated rings. The Hall–Kier alpha value is -1.66. The molecular weight excluding hydrogens is 240 g/mol. The molecule has 1 N–H and O–H groups in total. The smallest absolute Gasteiger partial charge is 0.350 e. The summed E-state index contributed by atoms with van der Waals surface area (Å²) in [6.07, 6.45) is 0.00560. The van der Waals surface area contributed by atoms with Crippen molar-refractivity contribution in [1.29, 1.82) is 0 Å². The third-order valence-electron chi connectivity index (χ3n) is 2.63. The van der Waals surface area contributed by atoms with Crippen molar-refractivity contribution in [3.63, 3.8) is 0 Å². The zero-order valence-corrected chi connectivity index (χ0v) is 9.97. The number of ether oxygens (including phenoxy) is 2. The Morgan fingerprint density at radius 2 is 2.11 bits per heavy atom. The van der Waals surface area contributed by atoms with Crippen LogP contribution in [0.1, 0.15) is 29.0 Å². The summed E-state index contributed by atoms with van der Waals surface area (Å²) in [4.78, 5) is 23.3. The van der Waals surface area contributed by atoms with E-state index in [1.807, 2.05) is 0 Å². The van der Waals surface area contributed by atoms with Gasteiger partial charge in [0, 0.05) is 18.9 Å². The molecule has 0 unspecified atom stereocenters.